The predicted molar refractivity (Wildman–Crippen MR) is 333 cm³/mol. The lowest BCUT2D eigenvalue weighted by Gasteiger charge is -2.28. The van der Waals surface area contributed by atoms with Gasteiger partial charge in [-0.1, -0.05) is 273 Å². The van der Waals surface area contributed by atoms with Crippen molar-refractivity contribution in [3.8, 4) is 0 Å². The second-order valence-electron chi connectivity index (χ2n) is 23.1. The van der Waals surface area contributed by atoms with E-state index in [1.807, 2.05) is 21.1 Å². The number of carbonyl (C=O) groups excluding carboxylic acids is 2. The largest absolute Gasteiger partial charge is 0.756 e. The Labute approximate surface area is 482 Å². The molecule has 0 heterocycles. The molecule has 9 nitrogen and oxygen atoms in total. The van der Waals surface area contributed by atoms with E-state index in [1.165, 1.54) is 193 Å². The van der Waals surface area contributed by atoms with E-state index in [0.29, 0.717) is 17.4 Å². The van der Waals surface area contributed by atoms with E-state index in [2.05, 4.69) is 86.8 Å². The number of allylic oxidation sites excluding steroid dienone is 12. The first-order chi connectivity index (χ1) is 38.0. The molecular weight excluding hydrogens is 990 g/mol. The Hall–Kier alpha value is -2.55. The number of hydrogen-bond donors (Lipinski definition) is 0. The standard InChI is InChI=1S/C68H124NO8P/c1-6-8-10-12-14-16-18-20-22-24-26-27-28-29-30-31-32-33-34-35-36-37-38-39-40-41-43-45-47-49-51-53-55-57-59-61-68(71)77-66(65-76-78(72,73)75-63-62-69(3,4)5)64-74-67(70)60-58-56-54-52-50-48-46-44-42-25-23-21-19-17-15-13-11-9-7-2/h8,10,14-17,20-23,26-27,66H,6-7,9,11-13,18-19,24-25,28-65H2,1-5H3/b10-8-,16-14-,17-15-,22-20-,23-21-,27-26-. The SMILES string of the molecule is CC/C=C\C/C=C\C/C=C\C/C=C\CCCCCCCCCCCCCCCCCCCCCCCCC(=O)OC(COC(=O)CCCCCCCCCCC/C=C\C/C=C\CCCCC)COP(=O)([O-])OCC[N+](C)(C)C. The predicted octanol–water partition coefficient (Wildman–Crippen LogP) is 20.2. The average molecular weight is 1110 g/mol. The van der Waals surface area contributed by atoms with Gasteiger partial charge in [0.15, 0.2) is 6.10 Å². The summed E-state index contributed by atoms with van der Waals surface area (Å²) in [4.78, 5) is 38.0. The monoisotopic (exact) mass is 1110 g/mol. The minimum Gasteiger partial charge on any atom is -0.756 e. The molecule has 0 aliphatic rings. The van der Waals surface area contributed by atoms with Crippen molar-refractivity contribution < 1.29 is 42.1 Å². The summed E-state index contributed by atoms with van der Waals surface area (Å²) in [5.41, 5.74) is 0. The van der Waals surface area contributed by atoms with Crippen molar-refractivity contribution in [2.75, 3.05) is 47.5 Å². The Morgan fingerprint density at radius 2 is 0.731 bits per heavy atom. The Bertz CT molecular complexity index is 1550. The van der Waals surface area contributed by atoms with Gasteiger partial charge in [0.05, 0.1) is 27.7 Å². The van der Waals surface area contributed by atoms with Gasteiger partial charge in [0.1, 0.15) is 19.8 Å². The third-order valence-electron chi connectivity index (χ3n) is 14.2. The number of rotatable bonds is 60. The van der Waals surface area contributed by atoms with Gasteiger partial charge in [0, 0.05) is 12.8 Å². The lowest BCUT2D eigenvalue weighted by atomic mass is 10.0. The Kier molecular flexibility index (Phi) is 57.2. The van der Waals surface area contributed by atoms with Gasteiger partial charge in [-0.2, -0.15) is 0 Å². The van der Waals surface area contributed by atoms with E-state index in [4.69, 9.17) is 18.5 Å². The van der Waals surface area contributed by atoms with Crippen LogP contribution >= 0.6 is 7.82 Å². The highest BCUT2D eigenvalue weighted by atomic mass is 31.2. The van der Waals surface area contributed by atoms with Crippen LogP contribution in [0.2, 0.25) is 0 Å². The smallest absolute Gasteiger partial charge is 0.306 e. The van der Waals surface area contributed by atoms with Crippen LogP contribution in [0.4, 0.5) is 0 Å². The Balaban J connectivity index is 4.00. The maximum Gasteiger partial charge on any atom is 0.306 e. The molecule has 0 spiro atoms. The lowest BCUT2D eigenvalue weighted by molar-refractivity contribution is -0.870. The highest BCUT2D eigenvalue weighted by Crippen LogP contribution is 2.38. The number of unbranched alkanes of at least 4 members (excludes halogenated alkanes) is 34. The van der Waals surface area contributed by atoms with Gasteiger partial charge in [0.2, 0.25) is 0 Å². The van der Waals surface area contributed by atoms with Crippen LogP contribution in [0.25, 0.3) is 0 Å². The molecule has 0 aliphatic heterocycles. The van der Waals surface area contributed by atoms with Crippen molar-refractivity contribution in [2.24, 2.45) is 0 Å². The van der Waals surface area contributed by atoms with Gasteiger partial charge >= 0.3 is 11.9 Å². The summed E-state index contributed by atoms with van der Waals surface area (Å²) in [6, 6.07) is 0. The topological polar surface area (TPSA) is 111 Å². The third-order valence-corrected chi connectivity index (χ3v) is 15.2. The molecule has 0 aromatic carbocycles. The van der Waals surface area contributed by atoms with Gasteiger partial charge in [-0.25, -0.2) is 0 Å². The molecule has 0 fully saturated rings. The summed E-state index contributed by atoms with van der Waals surface area (Å²) < 4.78 is 34.2. The zero-order valence-corrected chi connectivity index (χ0v) is 52.5. The number of nitrogens with zero attached hydrogens (tertiary/aromatic N) is 1. The van der Waals surface area contributed by atoms with Crippen molar-refractivity contribution in [3.63, 3.8) is 0 Å². The van der Waals surface area contributed by atoms with E-state index in [1.54, 1.807) is 0 Å². The minimum absolute atomic E-state index is 0.0316. The molecule has 0 saturated carbocycles. The highest BCUT2D eigenvalue weighted by Gasteiger charge is 2.22. The fourth-order valence-corrected chi connectivity index (χ4v) is 9.94. The molecule has 0 aromatic rings. The fourth-order valence-electron chi connectivity index (χ4n) is 9.21. The fraction of sp³-hybridized carbons (Fsp3) is 0.794. The van der Waals surface area contributed by atoms with Gasteiger partial charge in [0.25, 0.3) is 7.82 Å². The van der Waals surface area contributed by atoms with E-state index in [9.17, 15) is 19.0 Å². The van der Waals surface area contributed by atoms with Gasteiger partial charge in [-0.3, -0.25) is 14.2 Å². The molecule has 0 N–H and O–H groups in total. The van der Waals surface area contributed by atoms with E-state index < -0.39 is 26.5 Å². The third kappa shape index (κ3) is 62.6. The summed E-state index contributed by atoms with van der Waals surface area (Å²) in [7, 11) is 1.17. The summed E-state index contributed by atoms with van der Waals surface area (Å²) in [5, 5.41) is 0. The first-order valence-corrected chi connectivity index (χ1v) is 34.1. The molecule has 0 radical (unpaired) electrons. The van der Waals surface area contributed by atoms with Crippen LogP contribution in [0.5, 0.6) is 0 Å². The van der Waals surface area contributed by atoms with Gasteiger partial charge in [-0.05, 0) is 83.5 Å². The van der Waals surface area contributed by atoms with Crippen LogP contribution in [-0.2, 0) is 32.7 Å². The molecule has 2 atom stereocenters. The Morgan fingerprint density at radius 3 is 1.09 bits per heavy atom. The zero-order chi connectivity index (χ0) is 57.0. The van der Waals surface area contributed by atoms with Crippen molar-refractivity contribution in [1.29, 1.82) is 0 Å². The van der Waals surface area contributed by atoms with Crippen molar-refractivity contribution in [2.45, 2.75) is 302 Å². The molecule has 10 heteroatoms. The molecule has 2 unspecified atom stereocenters. The van der Waals surface area contributed by atoms with Crippen LogP contribution in [0.1, 0.15) is 296 Å². The minimum atomic E-state index is -4.64. The van der Waals surface area contributed by atoms with Crippen LogP contribution in [-0.4, -0.2) is 70.0 Å². The van der Waals surface area contributed by atoms with E-state index in [-0.39, 0.29) is 32.0 Å². The first kappa shape index (κ1) is 75.5. The number of phosphoric ester groups is 1. The van der Waals surface area contributed by atoms with Crippen LogP contribution < -0.4 is 4.89 Å². The molecule has 0 rings (SSSR count). The number of quaternary nitrogens is 1. The van der Waals surface area contributed by atoms with Crippen LogP contribution in [0, 0.1) is 0 Å². The second-order valence-corrected chi connectivity index (χ2v) is 24.5. The number of likely N-dealkylation sites (N-methyl/N-ethyl adjacent to an activating group) is 1. The summed E-state index contributed by atoms with van der Waals surface area (Å²) in [6.45, 7) is 4.13. The molecule has 78 heavy (non-hydrogen) atoms. The van der Waals surface area contributed by atoms with E-state index >= 15 is 0 Å². The zero-order valence-electron chi connectivity index (χ0n) is 51.6. The summed E-state index contributed by atoms with van der Waals surface area (Å²) >= 11 is 0. The average Bonchev–Trinajstić information content (AvgIpc) is 3.41. The summed E-state index contributed by atoms with van der Waals surface area (Å²) in [5.74, 6) is -0.827. The highest BCUT2D eigenvalue weighted by molar-refractivity contribution is 7.45. The first-order valence-electron chi connectivity index (χ1n) is 32.6. The molecule has 0 saturated heterocycles. The number of ether oxygens (including phenoxy) is 2. The second kappa shape index (κ2) is 59.1. The molecule has 0 aromatic heterocycles. The number of carbonyl (C=O) groups is 2. The lowest BCUT2D eigenvalue weighted by Crippen LogP contribution is -2.37. The van der Waals surface area contributed by atoms with Crippen LogP contribution in [0.15, 0.2) is 72.9 Å². The van der Waals surface area contributed by atoms with Crippen LogP contribution in [0.3, 0.4) is 0 Å². The van der Waals surface area contributed by atoms with E-state index in [0.717, 1.165) is 70.6 Å². The number of esters is 2. The normalized spacial score (nSPS) is 13.7. The summed E-state index contributed by atoms with van der Waals surface area (Å²) in [6.07, 6.45) is 78.3. The van der Waals surface area contributed by atoms with Crippen molar-refractivity contribution >= 4 is 19.8 Å². The van der Waals surface area contributed by atoms with Gasteiger partial charge < -0.3 is 27.9 Å². The number of hydrogen-bond acceptors (Lipinski definition) is 8. The maximum atomic E-state index is 12.8. The molecular formula is C68H124NO8P. The molecule has 0 amide bonds. The molecule has 454 valence electrons. The number of phosphoric acid groups is 1. The quantitative estimate of drug-likeness (QED) is 0.0195. The van der Waals surface area contributed by atoms with Gasteiger partial charge in [-0.15, -0.1) is 0 Å². The van der Waals surface area contributed by atoms with Crippen molar-refractivity contribution in [1.82, 2.24) is 0 Å². The van der Waals surface area contributed by atoms with Crippen molar-refractivity contribution in [3.05, 3.63) is 72.9 Å². The molecule has 0 bridgehead atoms. The molecule has 0 aliphatic carbocycles. The Morgan fingerprint density at radius 1 is 0.410 bits per heavy atom. The maximum absolute atomic E-state index is 12.8.